The maximum Gasteiger partial charge on any atom is 0.245 e. The van der Waals surface area contributed by atoms with Crippen LogP contribution in [0.2, 0.25) is 0 Å². The van der Waals surface area contributed by atoms with Gasteiger partial charge in [0.2, 0.25) is 11.8 Å². The molecule has 1 N–H and O–H groups in total. The zero-order chi connectivity index (χ0) is 12.8. The van der Waals surface area contributed by atoms with Gasteiger partial charge in [-0.15, -0.1) is 0 Å². The van der Waals surface area contributed by atoms with Crippen LogP contribution in [0, 0.1) is 5.92 Å². The minimum Gasteiger partial charge on any atom is -0.344 e. The summed E-state index contributed by atoms with van der Waals surface area (Å²) in [4.78, 5) is 25.6. The first kappa shape index (κ1) is 13.7. The number of carbonyl (C=O) groups is 2. The quantitative estimate of drug-likeness (QED) is 0.751. The molecule has 0 radical (unpaired) electrons. The Kier molecular flexibility index (Phi) is 5.19. The fraction of sp³-hybridized carbons (Fsp3) is 0.692. The molecule has 0 saturated carbocycles. The number of nitrogens with zero attached hydrogens (tertiary/aromatic N) is 1. The van der Waals surface area contributed by atoms with Gasteiger partial charge in [0.1, 0.15) is 6.04 Å². The SMILES string of the molecule is C/C=C/CN1CCC(=O)NC(C(C)CC)C1=O. The summed E-state index contributed by atoms with van der Waals surface area (Å²) in [6.07, 6.45) is 5.15. The predicted molar refractivity (Wildman–Crippen MR) is 67.4 cm³/mol. The number of rotatable bonds is 4. The molecule has 2 atom stereocenters. The molecule has 1 aliphatic rings. The van der Waals surface area contributed by atoms with Gasteiger partial charge in [0.25, 0.3) is 0 Å². The highest BCUT2D eigenvalue weighted by atomic mass is 16.2. The van der Waals surface area contributed by atoms with Crippen molar-refractivity contribution >= 4 is 11.8 Å². The molecule has 0 aromatic heterocycles. The predicted octanol–water partition coefficient (Wildman–Crippen LogP) is 1.33. The van der Waals surface area contributed by atoms with Crippen molar-refractivity contribution in [2.24, 2.45) is 5.92 Å². The fourth-order valence-corrected chi connectivity index (χ4v) is 1.89. The van der Waals surface area contributed by atoms with E-state index in [1.807, 2.05) is 32.9 Å². The van der Waals surface area contributed by atoms with E-state index in [0.29, 0.717) is 19.5 Å². The molecular weight excluding hydrogens is 216 g/mol. The van der Waals surface area contributed by atoms with E-state index < -0.39 is 0 Å². The third-order valence-electron chi connectivity index (χ3n) is 3.28. The monoisotopic (exact) mass is 238 g/mol. The Morgan fingerprint density at radius 3 is 2.82 bits per heavy atom. The Morgan fingerprint density at radius 2 is 2.24 bits per heavy atom. The van der Waals surface area contributed by atoms with E-state index in [1.165, 1.54) is 0 Å². The molecular formula is C13H22N2O2. The van der Waals surface area contributed by atoms with Crippen molar-refractivity contribution in [1.29, 1.82) is 0 Å². The van der Waals surface area contributed by atoms with E-state index in [0.717, 1.165) is 6.42 Å². The molecule has 0 aromatic carbocycles. The van der Waals surface area contributed by atoms with Crippen LogP contribution in [0.5, 0.6) is 0 Å². The summed E-state index contributed by atoms with van der Waals surface area (Å²) in [6, 6.07) is -0.361. The molecule has 96 valence electrons. The minimum absolute atomic E-state index is 0.0216. The van der Waals surface area contributed by atoms with Crippen molar-refractivity contribution < 1.29 is 9.59 Å². The number of hydrogen-bond acceptors (Lipinski definition) is 2. The second kappa shape index (κ2) is 6.42. The molecule has 1 fully saturated rings. The third kappa shape index (κ3) is 3.58. The Labute approximate surface area is 103 Å². The van der Waals surface area contributed by atoms with Crippen molar-refractivity contribution in [3.63, 3.8) is 0 Å². The van der Waals surface area contributed by atoms with Gasteiger partial charge in [-0.3, -0.25) is 9.59 Å². The van der Waals surface area contributed by atoms with Gasteiger partial charge in [0.15, 0.2) is 0 Å². The molecule has 1 heterocycles. The average Bonchev–Trinajstić information content (AvgIpc) is 2.47. The Morgan fingerprint density at radius 1 is 1.53 bits per heavy atom. The van der Waals surface area contributed by atoms with Gasteiger partial charge in [-0.05, 0) is 12.8 Å². The molecule has 1 rings (SSSR count). The first-order valence-electron chi connectivity index (χ1n) is 6.29. The van der Waals surface area contributed by atoms with E-state index in [9.17, 15) is 9.59 Å². The number of carbonyl (C=O) groups excluding carboxylic acids is 2. The lowest BCUT2D eigenvalue weighted by Crippen LogP contribution is -2.48. The molecule has 1 saturated heterocycles. The molecule has 4 heteroatoms. The second-order valence-electron chi connectivity index (χ2n) is 4.53. The molecule has 2 unspecified atom stereocenters. The largest absolute Gasteiger partial charge is 0.344 e. The molecule has 0 aliphatic carbocycles. The summed E-state index contributed by atoms with van der Waals surface area (Å²) in [5.41, 5.74) is 0. The summed E-state index contributed by atoms with van der Waals surface area (Å²) in [6.45, 7) is 7.07. The Balaban J connectivity index is 2.80. The summed E-state index contributed by atoms with van der Waals surface area (Å²) >= 11 is 0. The molecule has 1 aliphatic heterocycles. The van der Waals surface area contributed by atoms with E-state index in [4.69, 9.17) is 0 Å². The standard InChI is InChI=1S/C13H22N2O2/c1-4-6-8-15-9-7-11(16)14-12(13(15)17)10(3)5-2/h4,6,10,12H,5,7-9H2,1-3H3,(H,14,16)/b6-4+. The lowest BCUT2D eigenvalue weighted by molar-refractivity contribution is -0.134. The minimum atomic E-state index is -0.361. The second-order valence-corrected chi connectivity index (χ2v) is 4.53. The summed E-state index contributed by atoms with van der Waals surface area (Å²) < 4.78 is 0. The van der Waals surface area contributed by atoms with Crippen LogP contribution in [0.15, 0.2) is 12.2 Å². The van der Waals surface area contributed by atoms with Crippen molar-refractivity contribution in [3.05, 3.63) is 12.2 Å². The van der Waals surface area contributed by atoms with E-state index in [1.54, 1.807) is 4.90 Å². The van der Waals surface area contributed by atoms with Crippen LogP contribution in [0.1, 0.15) is 33.6 Å². The number of nitrogens with one attached hydrogen (secondary N) is 1. The van der Waals surface area contributed by atoms with Gasteiger partial charge in [-0.1, -0.05) is 32.4 Å². The first-order chi connectivity index (χ1) is 8.10. The molecule has 0 spiro atoms. The van der Waals surface area contributed by atoms with Crippen LogP contribution < -0.4 is 5.32 Å². The Hall–Kier alpha value is -1.32. The molecule has 17 heavy (non-hydrogen) atoms. The van der Waals surface area contributed by atoms with Gasteiger partial charge in [0, 0.05) is 19.5 Å². The van der Waals surface area contributed by atoms with Crippen molar-refractivity contribution in [3.8, 4) is 0 Å². The average molecular weight is 238 g/mol. The van der Waals surface area contributed by atoms with Gasteiger partial charge >= 0.3 is 0 Å². The van der Waals surface area contributed by atoms with Crippen LogP contribution >= 0.6 is 0 Å². The smallest absolute Gasteiger partial charge is 0.245 e. The van der Waals surface area contributed by atoms with E-state index in [-0.39, 0.29) is 23.8 Å². The normalized spacial score (nSPS) is 23.7. The van der Waals surface area contributed by atoms with Crippen LogP contribution in [-0.2, 0) is 9.59 Å². The van der Waals surface area contributed by atoms with Crippen LogP contribution in [0.4, 0.5) is 0 Å². The van der Waals surface area contributed by atoms with Gasteiger partial charge in [-0.25, -0.2) is 0 Å². The zero-order valence-corrected chi connectivity index (χ0v) is 10.9. The lowest BCUT2D eigenvalue weighted by Gasteiger charge is -2.26. The maximum atomic E-state index is 12.3. The highest BCUT2D eigenvalue weighted by Crippen LogP contribution is 2.14. The summed E-state index contributed by atoms with van der Waals surface area (Å²) in [5, 5.41) is 2.83. The van der Waals surface area contributed by atoms with Crippen LogP contribution in [0.3, 0.4) is 0 Å². The van der Waals surface area contributed by atoms with Crippen LogP contribution in [-0.4, -0.2) is 35.8 Å². The number of amides is 2. The van der Waals surface area contributed by atoms with Crippen molar-refractivity contribution in [1.82, 2.24) is 10.2 Å². The van der Waals surface area contributed by atoms with Crippen molar-refractivity contribution in [2.75, 3.05) is 13.1 Å². The zero-order valence-electron chi connectivity index (χ0n) is 10.9. The first-order valence-corrected chi connectivity index (χ1v) is 6.29. The Bertz CT molecular complexity index is 313. The highest BCUT2D eigenvalue weighted by molar-refractivity contribution is 5.90. The molecule has 2 amide bonds. The molecule has 4 nitrogen and oxygen atoms in total. The van der Waals surface area contributed by atoms with Crippen LogP contribution in [0.25, 0.3) is 0 Å². The highest BCUT2D eigenvalue weighted by Gasteiger charge is 2.32. The van der Waals surface area contributed by atoms with E-state index >= 15 is 0 Å². The van der Waals surface area contributed by atoms with E-state index in [2.05, 4.69) is 5.32 Å². The van der Waals surface area contributed by atoms with Gasteiger partial charge in [0.05, 0.1) is 0 Å². The van der Waals surface area contributed by atoms with Crippen molar-refractivity contribution in [2.45, 2.75) is 39.7 Å². The number of allylic oxidation sites excluding steroid dienone is 1. The maximum absolute atomic E-state index is 12.3. The molecule has 0 aromatic rings. The van der Waals surface area contributed by atoms with Gasteiger partial charge in [-0.2, -0.15) is 0 Å². The van der Waals surface area contributed by atoms with Gasteiger partial charge < -0.3 is 10.2 Å². The summed E-state index contributed by atoms with van der Waals surface area (Å²) in [5.74, 6) is 0.201. The number of hydrogen-bond donors (Lipinski definition) is 1. The fourth-order valence-electron chi connectivity index (χ4n) is 1.89. The molecule has 0 bridgehead atoms. The summed E-state index contributed by atoms with van der Waals surface area (Å²) in [7, 11) is 0. The lowest BCUT2D eigenvalue weighted by atomic mass is 9.98. The topological polar surface area (TPSA) is 49.4 Å². The third-order valence-corrected chi connectivity index (χ3v) is 3.28.